The molecule has 33 heavy (non-hydrogen) atoms. The molecule has 2 atom stereocenters. The summed E-state index contributed by atoms with van der Waals surface area (Å²) in [7, 11) is 0. The van der Waals surface area contributed by atoms with Crippen molar-refractivity contribution in [1.82, 2.24) is 19.5 Å². The van der Waals surface area contributed by atoms with Crippen LogP contribution in [0.15, 0.2) is 18.2 Å². The maximum Gasteiger partial charge on any atom is 0.260 e. The summed E-state index contributed by atoms with van der Waals surface area (Å²) in [6.45, 7) is 1.08. The summed E-state index contributed by atoms with van der Waals surface area (Å²) in [6, 6.07) is 5.53. The number of pyridine rings is 1. The Bertz CT molecular complexity index is 1150. The third-order valence-electron chi connectivity index (χ3n) is 7.72. The summed E-state index contributed by atoms with van der Waals surface area (Å²) in [4.78, 5) is 30.0. The van der Waals surface area contributed by atoms with Crippen molar-refractivity contribution < 1.29 is 27.2 Å². The summed E-state index contributed by atoms with van der Waals surface area (Å²) in [5.41, 5.74) is 1.45. The van der Waals surface area contributed by atoms with Crippen molar-refractivity contribution in [2.24, 2.45) is 17.3 Å². The van der Waals surface area contributed by atoms with Crippen LogP contribution in [0.3, 0.4) is 0 Å². The van der Waals surface area contributed by atoms with Gasteiger partial charge < -0.3 is 4.90 Å². The average molecular weight is 465 g/mol. The number of aromatic nitrogens is 3. The first-order chi connectivity index (χ1) is 15.6. The van der Waals surface area contributed by atoms with Crippen LogP contribution >= 0.6 is 0 Å². The fraction of sp³-hybridized carbons (Fsp3) is 0.636. The molecule has 4 fully saturated rings. The van der Waals surface area contributed by atoms with E-state index < -0.39 is 41.9 Å². The van der Waals surface area contributed by atoms with E-state index in [0.29, 0.717) is 18.7 Å². The Morgan fingerprint density at radius 1 is 1.00 bits per heavy atom. The number of anilines is 1. The molecule has 1 N–H and O–H groups in total. The zero-order valence-corrected chi connectivity index (χ0v) is 17.7. The Morgan fingerprint density at radius 2 is 1.64 bits per heavy atom. The van der Waals surface area contributed by atoms with Gasteiger partial charge in [0.15, 0.2) is 5.65 Å². The molecule has 1 saturated heterocycles. The van der Waals surface area contributed by atoms with Crippen LogP contribution < -0.4 is 5.32 Å². The molecule has 6 rings (SSSR count). The summed E-state index contributed by atoms with van der Waals surface area (Å²) in [5, 5.41) is 6.73. The van der Waals surface area contributed by atoms with Crippen LogP contribution in [0.2, 0.25) is 0 Å². The smallest absolute Gasteiger partial charge is 0.260 e. The number of rotatable bonds is 4. The SMILES string of the molecule is O=C(Nc1nc2cccc(C3CCC4(CC3)CN(C(=O)[C@H]3CC3(F)F)C4)n2n1)[C@@H]1CC1(F)F. The number of hydrogen-bond acceptors (Lipinski definition) is 4. The molecule has 176 valence electrons. The van der Waals surface area contributed by atoms with Gasteiger partial charge in [-0.15, -0.1) is 5.10 Å². The van der Waals surface area contributed by atoms with E-state index in [2.05, 4.69) is 15.4 Å². The lowest BCUT2D eigenvalue weighted by Gasteiger charge is -2.53. The minimum atomic E-state index is -2.95. The van der Waals surface area contributed by atoms with Gasteiger partial charge in [-0.05, 0) is 37.8 Å². The number of amides is 2. The molecule has 0 radical (unpaired) electrons. The van der Waals surface area contributed by atoms with Crippen molar-refractivity contribution in [1.29, 1.82) is 0 Å². The van der Waals surface area contributed by atoms with E-state index in [4.69, 9.17) is 0 Å². The van der Waals surface area contributed by atoms with E-state index in [1.54, 1.807) is 15.5 Å². The monoisotopic (exact) mass is 465 g/mol. The predicted molar refractivity (Wildman–Crippen MR) is 108 cm³/mol. The normalized spacial score (nSPS) is 29.0. The highest BCUT2D eigenvalue weighted by Crippen LogP contribution is 2.53. The minimum Gasteiger partial charge on any atom is -0.341 e. The quantitative estimate of drug-likeness (QED) is 0.702. The molecule has 7 nitrogen and oxygen atoms in total. The number of nitrogens with zero attached hydrogens (tertiary/aromatic N) is 4. The molecule has 11 heteroatoms. The van der Waals surface area contributed by atoms with Gasteiger partial charge in [-0.3, -0.25) is 14.9 Å². The Balaban J connectivity index is 1.10. The minimum absolute atomic E-state index is 0.00122. The van der Waals surface area contributed by atoms with Gasteiger partial charge in [0, 0.05) is 43.0 Å². The van der Waals surface area contributed by atoms with Gasteiger partial charge in [-0.25, -0.2) is 22.1 Å². The second-order valence-electron chi connectivity index (χ2n) is 10.1. The van der Waals surface area contributed by atoms with Crippen LogP contribution in [0, 0.1) is 17.3 Å². The Morgan fingerprint density at radius 3 is 2.24 bits per heavy atom. The van der Waals surface area contributed by atoms with Crippen LogP contribution in [-0.4, -0.2) is 56.2 Å². The second kappa shape index (κ2) is 6.66. The Kier molecular flexibility index (Phi) is 4.21. The molecule has 1 spiro atoms. The molecule has 0 bridgehead atoms. The number of hydrogen-bond donors (Lipinski definition) is 1. The topological polar surface area (TPSA) is 79.6 Å². The number of carbonyl (C=O) groups excluding carboxylic acids is 2. The molecule has 0 aromatic carbocycles. The fourth-order valence-electron chi connectivity index (χ4n) is 5.45. The molecular formula is C22H23F4N5O2. The fourth-order valence-corrected chi connectivity index (χ4v) is 5.45. The molecule has 3 saturated carbocycles. The van der Waals surface area contributed by atoms with Crippen molar-refractivity contribution in [2.75, 3.05) is 18.4 Å². The summed E-state index contributed by atoms with van der Waals surface area (Å²) >= 11 is 0. The molecule has 0 unspecified atom stereocenters. The first-order valence-corrected chi connectivity index (χ1v) is 11.3. The summed E-state index contributed by atoms with van der Waals surface area (Å²) in [5.74, 6) is -9.22. The zero-order chi connectivity index (χ0) is 23.2. The Hall–Kier alpha value is -2.72. The number of halogens is 4. The maximum absolute atomic E-state index is 13.2. The number of nitrogens with one attached hydrogen (secondary N) is 1. The van der Waals surface area contributed by atoms with Crippen LogP contribution in [0.1, 0.15) is 50.1 Å². The largest absolute Gasteiger partial charge is 0.341 e. The molecule has 1 aliphatic heterocycles. The van der Waals surface area contributed by atoms with Gasteiger partial charge in [0.1, 0.15) is 11.8 Å². The van der Waals surface area contributed by atoms with Gasteiger partial charge in [0.25, 0.3) is 11.8 Å². The van der Waals surface area contributed by atoms with Gasteiger partial charge in [-0.2, -0.15) is 4.98 Å². The number of likely N-dealkylation sites (tertiary alicyclic amines) is 1. The third-order valence-corrected chi connectivity index (χ3v) is 7.72. The summed E-state index contributed by atoms with van der Waals surface area (Å²) < 4.78 is 54.3. The second-order valence-corrected chi connectivity index (χ2v) is 10.1. The molecule has 3 heterocycles. The lowest BCUT2D eigenvalue weighted by Crippen LogP contribution is -2.60. The van der Waals surface area contributed by atoms with E-state index in [1.807, 2.05) is 12.1 Å². The van der Waals surface area contributed by atoms with Crippen LogP contribution in [-0.2, 0) is 9.59 Å². The van der Waals surface area contributed by atoms with Crippen molar-refractivity contribution in [3.8, 4) is 0 Å². The van der Waals surface area contributed by atoms with Gasteiger partial charge in [-0.1, -0.05) is 6.07 Å². The van der Waals surface area contributed by atoms with Crippen LogP contribution in [0.5, 0.6) is 0 Å². The molecule has 2 amide bonds. The van der Waals surface area contributed by atoms with Crippen LogP contribution in [0.4, 0.5) is 23.5 Å². The standard InChI is InChI=1S/C22H23F4N5O2/c23-21(24)8-13(21)17(32)28-19-27-16-3-1-2-15(31(16)29-19)12-4-6-20(7-5-12)10-30(11-20)18(33)14-9-22(14,25)26/h1-3,12-14H,4-11H2,(H,28,29,32)/t13-,14+/m0/s1. The van der Waals surface area contributed by atoms with Crippen molar-refractivity contribution in [2.45, 2.75) is 56.3 Å². The maximum atomic E-state index is 13.2. The van der Waals surface area contributed by atoms with Gasteiger partial charge in [0.05, 0.1) is 0 Å². The van der Waals surface area contributed by atoms with E-state index in [0.717, 1.165) is 31.4 Å². The van der Waals surface area contributed by atoms with Crippen LogP contribution in [0.25, 0.3) is 5.65 Å². The molecule has 3 aliphatic carbocycles. The molecule has 2 aromatic rings. The van der Waals surface area contributed by atoms with Gasteiger partial charge >= 0.3 is 0 Å². The Labute approximate surface area is 186 Å². The highest BCUT2D eigenvalue weighted by atomic mass is 19.3. The molecule has 4 aliphatic rings. The zero-order valence-electron chi connectivity index (χ0n) is 17.7. The lowest BCUT2D eigenvalue weighted by atomic mass is 9.65. The predicted octanol–water partition coefficient (Wildman–Crippen LogP) is 3.46. The number of alkyl halides is 4. The van der Waals surface area contributed by atoms with E-state index in [1.165, 1.54) is 0 Å². The lowest BCUT2D eigenvalue weighted by molar-refractivity contribution is -0.149. The van der Waals surface area contributed by atoms with Crippen molar-refractivity contribution >= 4 is 23.4 Å². The van der Waals surface area contributed by atoms with E-state index in [9.17, 15) is 27.2 Å². The van der Waals surface area contributed by atoms with E-state index in [-0.39, 0.29) is 23.7 Å². The highest BCUT2D eigenvalue weighted by Gasteiger charge is 2.64. The average Bonchev–Trinajstić information content (AvgIpc) is 3.51. The molecule has 2 aromatic heterocycles. The van der Waals surface area contributed by atoms with Crippen molar-refractivity contribution in [3.05, 3.63) is 23.9 Å². The van der Waals surface area contributed by atoms with Crippen molar-refractivity contribution in [3.63, 3.8) is 0 Å². The molecular weight excluding hydrogens is 442 g/mol. The number of fused-ring (bicyclic) bond motifs is 1. The van der Waals surface area contributed by atoms with E-state index >= 15 is 0 Å². The number of carbonyl (C=O) groups is 2. The summed E-state index contributed by atoms with van der Waals surface area (Å²) in [6.07, 6.45) is 2.70. The first kappa shape index (κ1) is 20.9. The highest BCUT2D eigenvalue weighted by molar-refractivity contribution is 5.94. The van der Waals surface area contributed by atoms with Gasteiger partial charge in [0.2, 0.25) is 17.8 Å². The third kappa shape index (κ3) is 3.47. The first-order valence-electron chi connectivity index (χ1n) is 11.3.